The topological polar surface area (TPSA) is 60.2 Å². The molecule has 0 aliphatic rings. The molecule has 0 spiro atoms. The first kappa shape index (κ1) is 4.91. The summed E-state index contributed by atoms with van der Waals surface area (Å²) in [7, 11) is -3.42. The highest BCUT2D eigenvalue weighted by Gasteiger charge is 1.79. The normalized spacial score (nSPS) is 11.6. The van der Waals surface area contributed by atoms with Crippen LogP contribution in [-0.4, -0.2) is 8.42 Å². The van der Waals surface area contributed by atoms with Crippen LogP contribution in [0.15, 0.2) is 0 Å². The minimum atomic E-state index is -3.42. The van der Waals surface area contributed by atoms with Crippen molar-refractivity contribution in [2.45, 2.75) is 0 Å². The van der Waals surface area contributed by atoms with Gasteiger partial charge in [0.05, 0.1) is 6.26 Å². The summed E-state index contributed by atoms with van der Waals surface area (Å²) in [5.74, 6) is 0. The molecule has 0 bridgehead atoms. The van der Waals surface area contributed by atoms with Gasteiger partial charge in [-0.25, -0.2) is 13.6 Å². The van der Waals surface area contributed by atoms with Crippen molar-refractivity contribution in [3.05, 3.63) is 6.26 Å². The van der Waals surface area contributed by atoms with Gasteiger partial charge in [-0.15, -0.1) is 0 Å². The Hall–Kier alpha value is -0.0900. The summed E-state index contributed by atoms with van der Waals surface area (Å²) in [5.41, 5.74) is 0. The van der Waals surface area contributed by atoms with Crippen LogP contribution in [0.3, 0.4) is 0 Å². The number of sulfonamides is 1. The van der Waals surface area contributed by atoms with E-state index >= 15 is 0 Å². The zero-order valence-corrected chi connectivity index (χ0v) is 3.33. The molecule has 0 aliphatic carbocycles. The third-order valence-electron chi connectivity index (χ3n) is 0. The van der Waals surface area contributed by atoms with Gasteiger partial charge in [0, 0.05) is 0 Å². The summed E-state index contributed by atoms with van der Waals surface area (Å²) in [6.45, 7) is 0. The van der Waals surface area contributed by atoms with Gasteiger partial charge in [-0.3, -0.25) is 0 Å². The summed E-state index contributed by atoms with van der Waals surface area (Å²) >= 11 is 0. The van der Waals surface area contributed by atoms with E-state index in [1.807, 2.05) is 0 Å². The first-order valence-corrected chi connectivity index (χ1v) is 2.57. The number of primary sulfonamides is 1. The second-order valence-electron chi connectivity index (χ2n) is 0.663. The standard InChI is InChI=1S/CH4NO2S/c1-5(2,3)4/h1H2,(H2,2,3,4). The molecule has 0 unspecified atom stereocenters. The molecule has 0 rings (SSSR count). The van der Waals surface area contributed by atoms with Crippen LogP contribution in [0.25, 0.3) is 0 Å². The highest BCUT2D eigenvalue weighted by Crippen LogP contribution is 1.58. The van der Waals surface area contributed by atoms with E-state index in [-0.39, 0.29) is 0 Å². The summed E-state index contributed by atoms with van der Waals surface area (Å²) in [5, 5.41) is 4.22. The Balaban J connectivity index is 4.06. The highest BCUT2D eigenvalue weighted by atomic mass is 32.2. The van der Waals surface area contributed by atoms with Crippen LogP contribution in [0, 0.1) is 6.26 Å². The van der Waals surface area contributed by atoms with E-state index in [9.17, 15) is 8.42 Å². The van der Waals surface area contributed by atoms with Crippen LogP contribution in [-0.2, 0) is 10.0 Å². The Morgan fingerprint density at radius 1 is 1.60 bits per heavy atom. The van der Waals surface area contributed by atoms with Crippen LogP contribution in [0.2, 0.25) is 0 Å². The SMILES string of the molecule is [CH2]S(N)(=O)=O. The van der Waals surface area contributed by atoms with Crippen molar-refractivity contribution in [1.82, 2.24) is 0 Å². The maximum absolute atomic E-state index is 9.30. The van der Waals surface area contributed by atoms with Gasteiger partial charge in [0.1, 0.15) is 0 Å². The minimum absolute atomic E-state index is 2.52. The molecule has 0 heterocycles. The van der Waals surface area contributed by atoms with Crippen molar-refractivity contribution in [3.63, 3.8) is 0 Å². The average molecular weight is 94.1 g/mol. The summed E-state index contributed by atoms with van der Waals surface area (Å²) in [4.78, 5) is 0. The predicted octanol–water partition coefficient (Wildman–Crippen LogP) is -0.934. The second kappa shape index (κ2) is 0.948. The van der Waals surface area contributed by atoms with Crippen LogP contribution in [0.1, 0.15) is 0 Å². The zero-order valence-electron chi connectivity index (χ0n) is 2.51. The molecule has 0 aromatic rings. The third-order valence-corrected chi connectivity index (χ3v) is 0. The first-order valence-electron chi connectivity index (χ1n) is 0.858. The van der Waals surface area contributed by atoms with Gasteiger partial charge in [-0.2, -0.15) is 0 Å². The van der Waals surface area contributed by atoms with Crippen molar-refractivity contribution in [3.8, 4) is 0 Å². The lowest BCUT2D eigenvalue weighted by Crippen LogP contribution is -2.04. The molecule has 0 fully saturated rings. The Morgan fingerprint density at radius 3 is 1.60 bits per heavy atom. The number of hydrogen-bond acceptors (Lipinski definition) is 2. The van der Waals surface area contributed by atoms with Crippen LogP contribution < -0.4 is 5.14 Å². The Labute approximate surface area is 30.8 Å². The van der Waals surface area contributed by atoms with Gasteiger partial charge in [-0.1, -0.05) is 0 Å². The van der Waals surface area contributed by atoms with E-state index in [4.69, 9.17) is 0 Å². The monoisotopic (exact) mass is 94.0 g/mol. The van der Waals surface area contributed by atoms with Gasteiger partial charge in [-0.05, 0) is 0 Å². The summed E-state index contributed by atoms with van der Waals surface area (Å²) < 4.78 is 18.6. The van der Waals surface area contributed by atoms with Crippen molar-refractivity contribution in [2.24, 2.45) is 5.14 Å². The molecule has 1 radical (unpaired) electrons. The molecule has 0 saturated carbocycles. The Morgan fingerprint density at radius 2 is 1.60 bits per heavy atom. The number of nitrogens with two attached hydrogens (primary N) is 1. The maximum Gasteiger partial charge on any atom is 0.210 e. The Bertz CT molecular complexity index is 92.8. The van der Waals surface area contributed by atoms with Crippen LogP contribution >= 0.6 is 0 Å². The third kappa shape index (κ3) is 1760. The van der Waals surface area contributed by atoms with E-state index in [2.05, 4.69) is 11.4 Å². The van der Waals surface area contributed by atoms with Gasteiger partial charge in [0.15, 0.2) is 0 Å². The van der Waals surface area contributed by atoms with Gasteiger partial charge >= 0.3 is 0 Å². The zero-order chi connectivity index (χ0) is 4.50. The fraction of sp³-hybridized carbons (Fsp3) is 0. The molecular weight excluding hydrogens is 90.1 g/mol. The highest BCUT2D eigenvalue weighted by molar-refractivity contribution is 7.90. The quantitative estimate of drug-likeness (QED) is 0.421. The van der Waals surface area contributed by atoms with Gasteiger partial charge in [0.25, 0.3) is 0 Å². The second-order valence-corrected chi connectivity index (χ2v) is 1.99. The Kier molecular flexibility index (Phi) is 0.931. The smallest absolute Gasteiger partial charge is 0.210 e. The molecular formula is CH4NO2S. The fourth-order valence-corrected chi connectivity index (χ4v) is 0. The average Bonchev–Trinajstić information content (AvgIpc) is 0.722. The van der Waals surface area contributed by atoms with E-state index in [1.54, 1.807) is 0 Å². The number of hydrogen-bond donors (Lipinski definition) is 1. The molecule has 0 aromatic carbocycles. The number of rotatable bonds is 0. The first-order chi connectivity index (χ1) is 2.00. The molecule has 3 nitrogen and oxygen atoms in total. The van der Waals surface area contributed by atoms with Gasteiger partial charge < -0.3 is 0 Å². The largest absolute Gasteiger partial charge is 0.229 e. The lowest BCUT2D eigenvalue weighted by molar-refractivity contribution is 0.606. The molecule has 4 heteroatoms. The fourth-order valence-electron chi connectivity index (χ4n) is 0. The molecule has 0 aliphatic heterocycles. The molecule has 31 valence electrons. The molecule has 0 saturated heterocycles. The van der Waals surface area contributed by atoms with Crippen molar-refractivity contribution >= 4 is 10.0 Å². The maximum atomic E-state index is 9.30. The van der Waals surface area contributed by atoms with Crippen molar-refractivity contribution in [2.75, 3.05) is 0 Å². The lowest BCUT2D eigenvalue weighted by Gasteiger charge is -1.70. The van der Waals surface area contributed by atoms with E-state index in [0.717, 1.165) is 0 Å². The van der Waals surface area contributed by atoms with E-state index < -0.39 is 10.0 Å². The molecule has 0 aromatic heterocycles. The van der Waals surface area contributed by atoms with Crippen LogP contribution in [0.4, 0.5) is 0 Å². The van der Waals surface area contributed by atoms with Crippen LogP contribution in [0.5, 0.6) is 0 Å². The summed E-state index contributed by atoms with van der Waals surface area (Å²) in [6.07, 6.45) is 2.52. The molecule has 5 heavy (non-hydrogen) atoms. The molecule has 0 amide bonds. The van der Waals surface area contributed by atoms with Crippen molar-refractivity contribution < 1.29 is 8.42 Å². The van der Waals surface area contributed by atoms with Gasteiger partial charge in [0.2, 0.25) is 10.0 Å². The summed E-state index contributed by atoms with van der Waals surface area (Å²) in [6, 6.07) is 0. The molecule has 2 N–H and O–H groups in total. The van der Waals surface area contributed by atoms with E-state index in [1.165, 1.54) is 0 Å². The van der Waals surface area contributed by atoms with Crippen molar-refractivity contribution in [1.29, 1.82) is 0 Å². The predicted molar refractivity (Wildman–Crippen MR) is 18.5 cm³/mol. The molecule has 0 atom stereocenters. The lowest BCUT2D eigenvalue weighted by atomic mass is 12.0. The van der Waals surface area contributed by atoms with E-state index in [0.29, 0.717) is 0 Å². The minimum Gasteiger partial charge on any atom is -0.229 e.